The Morgan fingerprint density at radius 2 is 2.07 bits per heavy atom. The molecule has 0 aliphatic carbocycles. The van der Waals surface area contributed by atoms with Gasteiger partial charge < -0.3 is 9.47 Å². The van der Waals surface area contributed by atoms with Gasteiger partial charge in [0.15, 0.2) is 0 Å². The molecule has 0 spiro atoms. The monoisotopic (exact) mass is 376 g/mol. The summed E-state index contributed by atoms with van der Waals surface area (Å²) in [6.45, 7) is 9.34. The van der Waals surface area contributed by atoms with E-state index in [9.17, 15) is 14.0 Å². The summed E-state index contributed by atoms with van der Waals surface area (Å²) < 4.78 is 24.7. The molecule has 3 atom stereocenters. The van der Waals surface area contributed by atoms with Gasteiger partial charge in [0.2, 0.25) is 0 Å². The second-order valence-corrected chi connectivity index (χ2v) is 8.40. The molecule has 4 nitrogen and oxygen atoms in total. The SMILES string of the molecule is CC(C)=CCC1CC(C(Cc2cccc(F)c2)C(=O)OC(C)(C)C)OC1=O. The van der Waals surface area contributed by atoms with Crippen molar-refractivity contribution < 1.29 is 23.5 Å². The first-order valence-electron chi connectivity index (χ1n) is 9.36. The van der Waals surface area contributed by atoms with Gasteiger partial charge in [0.25, 0.3) is 0 Å². The Bertz CT molecular complexity index is 713. The Morgan fingerprint density at radius 1 is 1.37 bits per heavy atom. The third-order valence-electron chi connectivity index (χ3n) is 4.43. The zero-order valence-electron chi connectivity index (χ0n) is 16.8. The predicted molar refractivity (Wildman–Crippen MR) is 101 cm³/mol. The van der Waals surface area contributed by atoms with E-state index in [-0.39, 0.29) is 24.1 Å². The Labute approximate surface area is 160 Å². The number of carbonyl (C=O) groups excluding carboxylic acids is 2. The van der Waals surface area contributed by atoms with E-state index in [4.69, 9.17) is 9.47 Å². The summed E-state index contributed by atoms with van der Waals surface area (Å²) in [6, 6.07) is 6.12. The average Bonchev–Trinajstić information content (AvgIpc) is 2.89. The number of benzene rings is 1. The van der Waals surface area contributed by atoms with Crippen LogP contribution in [0.1, 0.15) is 53.0 Å². The molecule has 1 aliphatic rings. The normalized spacial score (nSPS) is 20.7. The third kappa shape index (κ3) is 6.49. The van der Waals surface area contributed by atoms with Gasteiger partial charge in [0.1, 0.15) is 17.5 Å². The number of esters is 2. The molecule has 0 amide bonds. The highest BCUT2D eigenvalue weighted by Crippen LogP contribution is 2.32. The van der Waals surface area contributed by atoms with Crippen molar-refractivity contribution in [2.75, 3.05) is 0 Å². The van der Waals surface area contributed by atoms with E-state index >= 15 is 0 Å². The van der Waals surface area contributed by atoms with E-state index in [1.165, 1.54) is 12.1 Å². The summed E-state index contributed by atoms with van der Waals surface area (Å²) in [5, 5.41) is 0. The van der Waals surface area contributed by atoms with Crippen molar-refractivity contribution in [3.8, 4) is 0 Å². The average molecular weight is 376 g/mol. The quantitative estimate of drug-likeness (QED) is 0.537. The Balaban J connectivity index is 2.20. The number of halogens is 1. The van der Waals surface area contributed by atoms with Crippen molar-refractivity contribution in [2.24, 2.45) is 11.8 Å². The van der Waals surface area contributed by atoms with Crippen molar-refractivity contribution >= 4 is 11.9 Å². The van der Waals surface area contributed by atoms with Crippen molar-refractivity contribution in [1.82, 2.24) is 0 Å². The molecule has 148 valence electrons. The van der Waals surface area contributed by atoms with Gasteiger partial charge in [0, 0.05) is 0 Å². The first-order valence-corrected chi connectivity index (χ1v) is 9.36. The maximum Gasteiger partial charge on any atom is 0.313 e. The number of ether oxygens (including phenoxy) is 2. The van der Waals surface area contributed by atoms with Crippen LogP contribution in [0.4, 0.5) is 4.39 Å². The molecular formula is C22H29FO4. The van der Waals surface area contributed by atoms with Crippen LogP contribution >= 0.6 is 0 Å². The minimum absolute atomic E-state index is 0.262. The van der Waals surface area contributed by atoms with Gasteiger partial charge in [0.05, 0.1) is 11.8 Å². The molecule has 1 heterocycles. The zero-order chi connectivity index (χ0) is 20.2. The summed E-state index contributed by atoms with van der Waals surface area (Å²) in [4.78, 5) is 25.0. The zero-order valence-corrected chi connectivity index (χ0v) is 16.8. The van der Waals surface area contributed by atoms with Gasteiger partial charge in [-0.05, 0) is 71.6 Å². The molecule has 2 rings (SSSR count). The molecule has 0 bridgehead atoms. The second kappa shape index (κ2) is 8.68. The van der Waals surface area contributed by atoms with Crippen LogP contribution in [0.25, 0.3) is 0 Å². The van der Waals surface area contributed by atoms with E-state index in [0.717, 1.165) is 5.57 Å². The van der Waals surface area contributed by atoms with Gasteiger partial charge in [-0.15, -0.1) is 0 Å². The maximum atomic E-state index is 13.6. The lowest BCUT2D eigenvalue weighted by atomic mass is 9.89. The molecule has 0 saturated carbocycles. The fourth-order valence-corrected chi connectivity index (χ4v) is 3.15. The number of hydrogen-bond donors (Lipinski definition) is 0. The molecule has 0 radical (unpaired) electrons. The van der Waals surface area contributed by atoms with Crippen molar-refractivity contribution in [3.63, 3.8) is 0 Å². The minimum Gasteiger partial charge on any atom is -0.461 e. The highest BCUT2D eigenvalue weighted by Gasteiger charge is 2.42. The van der Waals surface area contributed by atoms with Gasteiger partial charge in [-0.1, -0.05) is 23.8 Å². The lowest BCUT2D eigenvalue weighted by molar-refractivity contribution is -0.166. The van der Waals surface area contributed by atoms with Crippen molar-refractivity contribution in [1.29, 1.82) is 0 Å². The highest BCUT2D eigenvalue weighted by molar-refractivity contribution is 5.78. The highest BCUT2D eigenvalue weighted by atomic mass is 19.1. The molecule has 1 aromatic rings. The lowest BCUT2D eigenvalue weighted by Crippen LogP contribution is -2.36. The molecule has 5 heteroatoms. The van der Waals surface area contributed by atoms with E-state index < -0.39 is 23.6 Å². The molecule has 1 aliphatic heterocycles. The molecule has 0 N–H and O–H groups in total. The molecule has 27 heavy (non-hydrogen) atoms. The molecule has 0 aromatic heterocycles. The van der Waals surface area contributed by atoms with Crippen LogP contribution < -0.4 is 0 Å². The fourth-order valence-electron chi connectivity index (χ4n) is 3.15. The first kappa shape index (κ1) is 21.1. The van der Waals surface area contributed by atoms with Crippen LogP contribution in [0.5, 0.6) is 0 Å². The van der Waals surface area contributed by atoms with E-state index in [0.29, 0.717) is 18.4 Å². The summed E-state index contributed by atoms with van der Waals surface area (Å²) in [5.74, 6) is -1.99. The van der Waals surface area contributed by atoms with Crippen LogP contribution in [0.15, 0.2) is 35.9 Å². The number of carbonyl (C=O) groups is 2. The largest absolute Gasteiger partial charge is 0.461 e. The molecule has 1 saturated heterocycles. The lowest BCUT2D eigenvalue weighted by Gasteiger charge is -2.26. The van der Waals surface area contributed by atoms with Crippen LogP contribution in [-0.2, 0) is 25.5 Å². The Morgan fingerprint density at radius 3 is 2.67 bits per heavy atom. The van der Waals surface area contributed by atoms with E-state index in [1.807, 2.05) is 19.9 Å². The number of allylic oxidation sites excluding steroid dienone is 2. The fraction of sp³-hybridized carbons (Fsp3) is 0.545. The molecular weight excluding hydrogens is 347 g/mol. The Kier molecular flexibility index (Phi) is 6.79. The van der Waals surface area contributed by atoms with Gasteiger partial charge in [-0.25, -0.2) is 4.39 Å². The smallest absolute Gasteiger partial charge is 0.313 e. The second-order valence-electron chi connectivity index (χ2n) is 8.40. The van der Waals surface area contributed by atoms with Crippen LogP contribution in [0.2, 0.25) is 0 Å². The first-order chi connectivity index (χ1) is 12.5. The standard InChI is InChI=1S/C22H29FO4/c1-14(2)9-10-16-13-19(26-20(16)24)18(21(25)27-22(3,4)5)12-15-7-6-8-17(23)11-15/h6-9,11,16,18-19H,10,12-13H2,1-5H3. The van der Waals surface area contributed by atoms with Crippen LogP contribution in [0.3, 0.4) is 0 Å². The summed E-state index contributed by atoms with van der Waals surface area (Å²) in [7, 11) is 0. The van der Waals surface area contributed by atoms with Gasteiger partial charge in [-0.3, -0.25) is 9.59 Å². The maximum absolute atomic E-state index is 13.6. The number of cyclic esters (lactones) is 1. The van der Waals surface area contributed by atoms with E-state index in [1.54, 1.807) is 32.9 Å². The molecule has 1 fully saturated rings. The van der Waals surface area contributed by atoms with Crippen molar-refractivity contribution in [3.05, 3.63) is 47.3 Å². The van der Waals surface area contributed by atoms with Crippen LogP contribution in [-0.4, -0.2) is 23.6 Å². The Hall–Kier alpha value is -2.17. The topological polar surface area (TPSA) is 52.6 Å². The van der Waals surface area contributed by atoms with Crippen LogP contribution in [0, 0.1) is 17.7 Å². The van der Waals surface area contributed by atoms with Gasteiger partial charge in [-0.2, -0.15) is 0 Å². The minimum atomic E-state index is -0.660. The summed E-state index contributed by atoms with van der Waals surface area (Å²) in [6.07, 6.45) is 2.76. The molecule has 1 aromatic carbocycles. The van der Waals surface area contributed by atoms with Crippen molar-refractivity contribution in [2.45, 2.75) is 65.6 Å². The number of hydrogen-bond acceptors (Lipinski definition) is 4. The molecule has 3 unspecified atom stereocenters. The predicted octanol–water partition coefficient (Wildman–Crippen LogP) is 4.61. The third-order valence-corrected chi connectivity index (χ3v) is 4.43. The van der Waals surface area contributed by atoms with E-state index in [2.05, 4.69) is 0 Å². The van der Waals surface area contributed by atoms with Gasteiger partial charge >= 0.3 is 11.9 Å². The number of rotatable bonds is 6. The summed E-state index contributed by atoms with van der Waals surface area (Å²) >= 11 is 0. The summed E-state index contributed by atoms with van der Waals surface area (Å²) in [5.41, 5.74) is 1.16.